The first-order valence-electron chi connectivity index (χ1n) is 6.88. The first kappa shape index (κ1) is 13.3. The van der Waals surface area contributed by atoms with Gasteiger partial charge in [-0.1, -0.05) is 36.4 Å². The van der Waals surface area contributed by atoms with Crippen molar-refractivity contribution in [2.45, 2.75) is 34.8 Å². The van der Waals surface area contributed by atoms with Gasteiger partial charge in [0, 0.05) is 0 Å². The van der Waals surface area contributed by atoms with Crippen molar-refractivity contribution in [1.82, 2.24) is 0 Å². The molecule has 0 bridgehead atoms. The minimum atomic E-state index is -1.65. The number of benzene rings is 2. The molecule has 0 aromatic heterocycles. The molecule has 2 nitrogen and oxygen atoms in total. The molecule has 1 N–H and O–H groups in total. The maximum Gasteiger partial charge on any atom is 0.492 e. The average molecular weight is 287 g/mol. The third-order valence-electron chi connectivity index (χ3n) is 3.43. The van der Waals surface area contributed by atoms with Crippen LogP contribution in [0.15, 0.2) is 70.5 Å². The Labute approximate surface area is 121 Å². The fourth-order valence-electron chi connectivity index (χ4n) is 2.52. The van der Waals surface area contributed by atoms with E-state index in [2.05, 4.69) is 24.3 Å². The molecule has 0 spiro atoms. The van der Waals surface area contributed by atoms with Crippen molar-refractivity contribution in [3.05, 3.63) is 60.7 Å². The van der Waals surface area contributed by atoms with Crippen molar-refractivity contribution >= 4 is 16.3 Å². The molecule has 0 unspecified atom stereocenters. The van der Waals surface area contributed by atoms with Crippen LogP contribution in [0.25, 0.3) is 0 Å². The summed E-state index contributed by atoms with van der Waals surface area (Å²) in [7, 11) is -1.65. The lowest BCUT2D eigenvalue weighted by atomic mass is 10.4. The minimum absolute atomic E-state index is 0.0552. The van der Waals surface area contributed by atoms with Crippen LogP contribution in [0.2, 0.25) is 0 Å². The van der Waals surface area contributed by atoms with Crippen molar-refractivity contribution in [3.8, 4) is 0 Å². The third-order valence-corrected chi connectivity index (χ3v) is 7.29. The second kappa shape index (κ2) is 5.33. The van der Waals surface area contributed by atoms with Gasteiger partial charge in [-0.2, -0.15) is 0 Å². The molecule has 0 saturated heterocycles. The Morgan fingerprint density at radius 3 is 1.75 bits per heavy atom. The number of carbonyl (C=O) groups excluding carboxylic acids is 1. The number of rotatable bonds is 4. The van der Waals surface area contributed by atoms with Crippen molar-refractivity contribution in [1.29, 1.82) is 0 Å². The highest BCUT2D eigenvalue weighted by Crippen LogP contribution is 2.72. The third kappa shape index (κ3) is 2.34. The summed E-state index contributed by atoms with van der Waals surface area (Å²) < 4.78 is 6.09. The second-order valence-corrected chi connectivity index (χ2v) is 8.01. The lowest BCUT2D eigenvalue weighted by Gasteiger charge is -2.32. The molecule has 104 valence electrons. The number of hydrogen-bond acceptors (Lipinski definition) is 1. The highest BCUT2D eigenvalue weighted by Gasteiger charge is 2.51. The van der Waals surface area contributed by atoms with Crippen LogP contribution in [0, 0.1) is 0 Å². The van der Waals surface area contributed by atoms with Crippen LogP contribution < -0.4 is 0 Å². The highest BCUT2D eigenvalue weighted by molar-refractivity contribution is 8.30. The Hall–Kier alpha value is -1.74. The lowest BCUT2D eigenvalue weighted by Crippen LogP contribution is -2.14. The van der Waals surface area contributed by atoms with Crippen LogP contribution in [0.4, 0.5) is 0 Å². The zero-order valence-corrected chi connectivity index (χ0v) is 12.3. The van der Waals surface area contributed by atoms with Gasteiger partial charge in [-0.25, -0.2) is 0 Å². The first-order valence-corrected chi connectivity index (χ1v) is 8.50. The topological polar surface area (TPSA) is 30.6 Å². The molecule has 0 heterocycles. The zero-order valence-electron chi connectivity index (χ0n) is 11.5. The summed E-state index contributed by atoms with van der Waals surface area (Å²) in [6, 6.07) is 20.6. The monoisotopic (exact) mass is 287 g/mol. The SMILES string of the molecule is CC(=[OH+])OS(c1ccccc1)(c1ccccc1)C1CC1. The maximum atomic E-state index is 9.80. The van der Waals surface area contributed by atoms with Crippen LogP contribution >= 0.6 is 10.3 Å². The molecular formula is C17H19O2S+. The predicted octanol–water partition coefficient (Wildman–Crippen LogP) is 4.53. The fourth-order valence-corrected chi connectivity index (χ4v) is 6.19. The van der Waals surface area contributed by atoms with Crippen LogP contribution in [-0.2, 0) is 4.18 Å². The molecule has 1 fully saturated rings. The molecule has 1 saturated carbocycles. The first-order chi connectivity index (χ1) is 9.73. The fraction of sp³-hybridized carbons (Fsp3) is 0.235. The Morgan fingerprint density at radius 2 is 1.40 bits per heavy atom. The highest BCUT2D eigenvalue weighted by atomic mass is 32.3. The van der Waals surface area contributed by atoms with Crippen molar-refractivity contribution in [2.75, 3.05) is 0 Å². The largest absolute Gasteiger partial charge is 0.492 e. The van der Waals surface area contributed by atoms with Crippen LogP contribution in [-0.4, -0.2) is 16.0 Å². The van der Waals surface area contributed by atoms with Crippen LogP contribution in [0.1, 0.15) is 19.8 Å². The Morgan fingerprint density at radius 1 is 0.950 bits per heavy atom. The summed E-state index contributed by atoms with van der Waals surface area (Å²) >= 11 is 0. The van der Waals surface area contributed by atoms with E-state index in [-0.39, 0.29) is 5.97 Å². The zero-order chi connectivity index (χ0) is 14.0. The summed E-state index contributed by atoms with van der Waals surface area (Å²) in [6.45, 7) is 1.62. The lowest BCUT2D eigenvalue weighted by molar-refractivity contribution is 0.496. The molecule has 20 heavy (non-hydrogen) atoms. The number of hydrogen-bond donors (Lipinski definition) is 0. The summed E-state index contributed by atoms with van der Waals surface area (Å²) in [5.74, 6) is 0.0552. The quantitative estimate of drug-likeness (QED) is 0.760. The van der Waals surface area contributed by atoms with E-state index >= 15 is 0 Å². The Bertz CT molecular complexity index is 551. The van der Waals surface area contributed by atoms with Crippen molar-refractivity contribution in [2.24, 2.45) is 0 Å². The molecule has 0 atom stereocenters. The molecule has 0 amide bonds. The Balaban J connectivity index is 2.17. The molecule has 1 aliphatic carbocycles. The average Bonchev–Trinajstić information content (AvgIpc) is 3.31. The Kier molecular flexibility index (Phi) is 3.53. The van der Waals surface area contributed by atoms with Gasteiger partial charge in [-0.3, -0.25) is 4.18 Å². The van der Waals surface area contributed by atoms with Gasteiger partial charge in [0.05, 0.1) is 32.3 Å². The van der Waals surface area contributed by atoms with Gasteiger partial charge < -0.3 is 4.79 Å². The molecule has 2 aromatic carbocycles. The molecule has 3 heteroatoms. The van der Waals surface area contributed by atoms with Gasteiger partial charge in [0.25, 0.3) is 0 Å². The van der Waals surface area contributed by atoms with Gasteiger partial charge in [-0.05, 0) is 37.1 Å². The molecule has 0 radical (unpaired) electrons. The molecule has 2 aromatic rings. The minimum Gasteiger partial charge on any atom is -0.338 e. The van der Waals surface area contributed by atoms with Gasteiger partial charge >= 0.3 is 5.97 Å². The summed E-state index contributed by atoms with van der Waals surface area (Å²) in [5, 5.41) is 0.495. The summed E-state index contributed by atoms with van der Waals surface area (Å²) in [5.41, 5.74) is 0. The van der Waals surface area contributed by atoms with E-state index < -0.39 is 10.3 Å². The van der Waals surface area contributed by atoms with E-state index in [1.165, 1.54) is 9.79 Å². The second-order valence-electron chi connectivity index (χ2n) is 5.03. The molecule has 1 aliphatic rings. The van der Waals surface area contributed by atoms with E-state index in [0.29, 0.717) is 5.25 Å². The van der Waals surface area contributed by atoms with E-state index in [1.54, 1.807) is 6.92 Å². The predicted molar refractivity (Wildman–Crippen MR) is 83.7 cm³/mol. The molecule has 0 aliphatic heterocycles. The van der Waals surface area contributed by atoms with E-state index in [0.717, 1.165) is 12.8 Å². The molecule has 3 rings (SSSR count). The van der Waals surface area contributed by atoms with Crippen LogP contribution in [0.5, 0.6) is 0 Å². The normalized spacial score (nSPS) is 15.7. The van der Waals surface area contributed by atoms with E-state index in [1.807, 2.05) is 36.4 Å². The van der Waals surface area contributed by atoms with Crippen molar-refractivity contribution < 1.29 is 8.98 Å². The smallest absolute Gasteiger partial charge is 0.338 e. The van der Waals surface area contributed by atoms with Gasteiger partial charge in [0.1, 0.15) is 0 Å². The van der Waals surface area contributed by atoms with E-state index in [9.17, 15) is 4.79 Å². The van der Waals surface area contributed by atoms with Gasteiger partial charge in [0.15, 0.2) is 0 Å². The van der Waals surface area contributed by atoms with Crippen LogP contribution in [0.3, 0.4) is 0 Å². The molecular weight excluding hydrogens is 268 g/mol. The van der Waals surface area contributed by atoms with E-state index in [4.69, 9.17) is 4.18 Å². The summed E-state index contributed by atoms with van der Waals surface area (Å²) in [6.07, 6.45) is 2.32. The van der Waals surface area contributed by atoms with Gasteiger partial charge in [0.2, 0.25) is 0 Å². The maximum absolute atomic E-state index is 9.80. The van der Waals surface area contributed by atoms with Crippen molar-refractivity contribution in [3.63, 3.8) is 0 Å². The standard InChI is InChI=1S/C17H18O2S/c1-14(18)19-20(17-12-13-17,15-8-4-2-5-9-15)16-10-6-3-7-11-16/h2-11,17H,12-13H2,1H3/p+1. The summed E-state index contributed by atoms with van der Waals surface area (Å²) in [4.78, 5) is 12.2. The van der Waals surface area contributed by atoms with Gasteiger partial charge in [-0.15, -0.1) is 0 Å².